The Balaban J connectivity index is 1.65. The van der Waals surface area contributed by atoms with Gasteiger partial charge in [0.05, 0.1) is 12.6 Å². The van der Waals surface area contributed by atoms with Crippen molar-refractivity contribution in [3.05, 3.63) is 83.8 Å². The first kappa shape index (κ1) is 20.8. The number of nitrogens with two attached hydrogens (primary N) is 2. The minimum atomic E-state index is -1.09. The van der Waals surface area contributed by atoms with Crippen LogP contribution in [0, 0.1) is 0 Å². The fourth-order valence-electron chi connectivity index (χ4n) is 4.12. The van der Waals surface area contributed by atoms with Gasteiger partial charge in [-0.3, -0.25) is 4.99 Å². The molecule has 0 saturated carbocycles. The minimum absolute atomic E-state index is 0.278. The number of hydrogen-bond donors (Lipinski definition) is 2. The third-order valence-corrected chi connectivity index (χ3v) is 5.86. The van der Waals surface area contributed by atoms with E-state index in [1.54, 1.807) is 17.1 Å². The molecule has 0 aliphatic heterocycles. The van der Waals surface area contributed by atoms with Gasteiger partial charge in [-0.2, -0.15) is 5.10 Å². The zero-order chi connectivity index (χ0) is 22.9. The van der Waals surface area contributed by atoms with Crippen LogP contribution < -0.4 is 16.4 Å². The number of nitrogens with zero attached hydrogens (tertiary/aromatic N) is 6. The summed E-state index contributed by atoms with van der Waals surface area (Å²) in [7, 11) is 0. The van der Waals surface area contributed by atoms with Crippen LogP contribution in [0.25, 0.3) is 5.82 Å². The lowest BCUT2D eigenvalue weighted by molar-refractivity contribution is 0.303. The first-order valence-corrected chi connectivity index (χ1v) is 10.5. The number of halogens is 1. The maximum absolute atomic E-state index is 14.3. The molecule has 3 heterocycles. The van der Waals surface area contributed by atoms with Gasteiger partial charge in [0, 0.05) is 36.3 Å². The molecule has 0 fully saturated rings. The highest BCUT2D eigenvalue weighted by Gasteiger charge is 2.30. The Morgan fingerprint density at radius 2 is 2.06 bits per heavy atom. The minimum Gasteiger partial charge on any atom is -0.383 e. The molecule has 2 unspecified atom stereocenters. The van der Waals surface area contributed by atoms with E-state index in [0.717, 1.165) is 22.4 Å². The molecular formula is C24H23FN8. The van der Waals surface area contributed by atoms with Gasteiger partial charge in [0.1, 0.15) is 17.7 Å². The lowest BCUT2D eigenvalue weighted by atomic mass is 10.1. The SMILES string of the molecule is C=Nc1ccc(-n2cccn2)nc1N(Cc1cccnc1N)c1ccc2c(c1)CC(F)C2N. The molecule has 0 spiro atoms. The molecule has 2 atom stereocenters. The van der Waals surface area contributed by atoms with Gasteiger partial charge in [-0.25, -0.2) is 19.0 Å². The van der Waals surface area contributed by atoms with E-state index in [1.807, 2.05) is 59.6 Å². The van der Waals surface area contributed by atoms with E-state index >= 15 is 0 Å². The van der Waals surface area contributed by atoms with Crippen molar-refractivity contribution in [1.29, 1.82) is 0 Å². The molecule has 1 aliphatic rings. The zero-order valence-corrected chi connectivity index (χ0v) is 17.8. The Labute approximate surface area is 190 Å². The predicted molar refractivity (Wildman–Crippen MR) is 127 cm³/mol. The summed E-state index contributed by atoms with van der Waals surface area (Å²) >= 11 is 0. The molecule has 9 heteroatoms. The van der Waals surface area contributed by atoms with E-state index in [2.05, 4.69) is 21.8 Å². The van der Waals surface area contributed by atoms with Crippen molar-refractivity contribution in [2.75, 3.05) is 10.6 Å². The number of fused-ring (bicyclic) bond motifs is 1. The number of aromatic nitrogens is 4. The number of benzene rings is 1. The van der Waals surface area contributed by atoms with Gasteiger partial charge in [0.25, 0.3) is 0 Å². The third-order valence-electron chi connectivity index (χ3n) is 5.86. The normalized spacial score (nSPS) is 17.0. The molecule has 3 aromatic heterocycles. The Morgan fingerprint density at radius 3 is 2.82 bits per heavy atom. The molecule has 4 N–H and O–H groups in total. The summed E-state index contributed by atoms with van der Waals surface area (Å²) in [5, 5.41) is 4.28. The quantitative estimate of drug-likeness (QED) is 0.439. The fourth-order valence-corrected chi connectivity index (χ4v) is 4.12. The average Bonchev–Trinajstić information content (AvgIpc) is 3.46. The first-order valence-electron chi connectivity index (χ1n) is 10.5. The van der Waals surface area contributed by atoms with Crippen LogP contribution in [0.3, 0.4) is 0 Å². The molecule has 1 aromatic carbocycles. The molecule has 1 aliphatic carbocycles. The maximum Gasteiger partial charge on any atom is 0.161 e. The second-order valence-corrected chi connectivity index (χ2v) is 7.88. The van der Waals surface area contributed by atoms with Crippen molar-refractivity contribution in [2.24, 2.45) is 10.7 Å². The van der Waals surface area contributed by atoms with Gasteiger partial charge in [0.2, 0.25) is 0 Å². The van der Waals surface area contributed by atoms with Crippen molar-refractivity contribution >= 4 is 29.7 Å². The van der Waals surface area contributed by atoms with Crippen molar-refractivity contribution in [3.63, 3.8) is 0 Å². The number of pyridine rings is 2. The number of aliphatic imine (C=N–C) groups is 1. The molecule has 0 amide bonds. The third kappa shape index (κ3) is 3.83. The van der Waals surface area contributed by atoms with E-state index in [9.17, 15) is 4.39 Å². The summed E-state index contributed by atoms with van der Waals surface area (Å²) in [4.78, 5) is 15.2. The second-order valence-electron chi connectivity index (χ2n) is 7.88. The molecule has 0 radical (unpaired) electrons. The molecule has 33 heavy (non-hydrogen) atoms. The Hall–Kier alpha value is -4.11. The Bertz CT molecular complexity index is 1300. The largest absolute Gasteiger partial charge is 0.383 e. The van der Waals surface area contributed by atoms with Crippen molar-refractivity contribution < 1.29 is 4.39 Å². The van der Waals surface area contributed by atoms with Crippen LogP contribution in [0.2, 0.25) is 0 Å². The van der Waals surface area contributed by atoms with Crippen molar-refractivity contribution in [2.45, 2.75) is 25.2 Å². The van der Waals surface area contributed by atoms with Gasteiger partial charge in [0.15, 0.2) is 11.6 Å². The van der Waals surface area contributed by atoms with E-state index in [0.29, 0.717) is 29.7 Å². The van der Waals surface area contributed by atoms with Crippen molar-refractivity contribution in [3.8, 4) is 5.82 Å². The van der Waals surface area contributed by atoms with Crippen LogP contribution >= 0.6 is 0 Å². The van der Waals surface area contributed by atoms with E-state index in [-0.39, 0.29) is 6.42 Å². The van der Waals surface area contributed by atoms with Crippen LogP contribution in [-0.4, -0.2) is 32.6 Å². The van der Waals surface area contributed by atoms with Crippen LogP contribution in [0.4, 0.5) is 27.4 Å². The summed E-state index contributed by atoms with van der Waals surface area (Å²) in [5.41, 5.74) is 16.1. The van der Waals surface area contributed by atoms with E-state index in [1.165, 1.54) is 0 Å². The maximum atomic E-state index is 14.3. The van der Waals surface area contributed by atoms with Gasteiger partial charge < -0.3 is 16.4 Å². The lowest BCUT2D eigenvalue weighted by Gasteiger charge is -2.26. The summed E-state index contributed by atoms with van der Waals surface area (Å²) < 4.78 is 16.0. The molecular weight excluding hydrogens is 419 g/mol. The van der Waals surface area contributed by atoms with Gasteiger partial charge in [-0.15, -0.1) is 0 Å². The molecule has 5 rings (SSSR count). The topological polar surface area (TPSA) is 111 Å². The van der Waals surface area contributed by atoms with Crippen LogP contribution in [0.15, 0.2) is 72.1 Å². The van der Waals surface area contributed by atoms with Crippen molar-refractivity contribution in [1.82, 2.24) is 19.7 Å². The summed E-state index contributed by atoms with van der Waals surface area (Å²) in [5.74, 6) is 1.62. The highest BCUT2D eigenvalue weighted by molar-refractivity contribution is 5.74. The highest BCUT2D eigenvalue weighted by Crippen LogP contribution is 2.39. The first-order chi connectivity index (χ1) is 16.0. The van der Waals surface area contributed by atoms with Gasteiger partial charge in [-0.05, 0) is 54.2 Å². The molecule has 0 bridgehead atoms. The molecule has 4 aromatic rings. The monoisotopic (exact) mass is 442 g/mol. The average molecular weight is 443 g/mol. The Kier molecular flexibility index (Phi) is 5.31. The highest BCUT2D eigenvalue weighted by atomic mass is 19.1. The van der Waals surface area contributed by atoms with Crippen LogP contribution in [0.5, 0.6) is 0 Å². The molecule has 0 saturated heterocycles. The number of anilines is 3. The predicted octanol–water partition coefficient (Wildman–Crippen LogP) is 3.81. The number of nitrogen functional groups attached to an aromatic ring is 1. The number of rotatable bonds is 6. The summed E-state index contributed by atoms with van der Waals surface area (Å²) in [6.07, 6.45) is 4.33. The number of alkyl halides is 1. The number of hydrogen-bond acceptors (Lipinski definition) is 7. The molecule has 166 valence electrons. The lowest BCUT2D eigenvalue weighted by Crippen LogP contribution is -2.20. The second kappa shape index (κ2) is 8.44. The standard InChI is InChI=1S/C24H23FN8/c1-28-20-7-8-21(33-11-3-10-30-33)31-24(20)32(14-15-4-2-9-29-23(15)27)17-5-6-18-16(12-17)13-19(25)22(18)26/h2-12,19,22H,1,13-14,26H2,(H2,27,29). The smallest absolute Gasteiger partial charge is 0.161 e. The fraction of sp³-hybridized carbons (Fsp3) is 0.167. The van der Waals surface area contributed by atoms with E-state index < -0.39 is 12.2 Å². The zero-order valence-electron chi connectivity index (χ0n) is 17.8. The molecule has 8 nitrogen and oxygen atoms in total. The van der Waals surface area contributed by atoms with Crippen LogP contribution in [0.1, 0.15) is 22.7 Å². The van der Waals surface area contributed by atoms with Gasteiger partial charge in [-0.1, -0.05) is 12.1 Å². The summed E-state index contributed by atoms with van der Waals surface area (Å²) in [6, 6.07) is 14.4. The van der Waals surface area contributed by atoms with E-state index in [4.69, 9.17) is 16.5 Å². The Morgan fingerprint density at radius 1 is 1.18 bits per heavy atom. The van der Waals surface area contributed by atoms with Gasteiger partial charge >= 0.3 is 0 Å². The van der Waals surface area contributed by atoms with Crippen LogP contribution in [-0.2, 0) is 13.0 Å². The summed E-state index contributed by atoms with van der Waals surface area (Å²) in [6.45, 7) is 4.10.